The molecule has 584 valence electrons. The molecule has 0 aromatic heterocycles. The van der Waals surface area contributed by atoms with E-state index in [0.717, 1.165) is 311 Å². The molecule has 1 N–H and O–H groups in total. The summed E-state index contributed by atoms with van der Waals surface area (Å²) in [6.45, 7) is 75.1. The molecular weight excluding hydrogens is 1300 g/mol. The quantitative estimate of drug-likeness (QED) is 0.0578. The van der Waals surface area contributed by atoms with Crippen LogP contribution in [0, 0.1) is 0 Å². The minimum atomic E-state index is -6.41. The van der Waals surface area contributed by atoms with E-state index in [-0.39, 0.29) is 0 Å². The van der Waals surface area contributed by atoms with Crippen LogP contribution in [0.15, 0.2) is 18.1 Å². The SMILES string of the molecule is CCCN(CCC)P(=NP(N=P(N(CCC)CCC)(N(CCC)CCC)N(CCC)CCC)(N=P(N(CCC)CCC)(N(CCC)CCC)N(CCC)CCC)(N=P(N(CCC)CCC)(N(CCC)CCC)N(CCC)CCC)OC(=O)O)(N(CCC)CCC)N(CCC)CCC. The molecule has 0 saturated carbocycles. The van der Waals surface area contributed by atoms with Crippen molar-refractivity contribution in [3.63, 3.8) is 0 Å². The van der Waals surface area contributed by atoms with Gasteiger partial charge >= 0.3 is 609 Å². The molecule has 0 amide bonds. The number of rotatable bonds is 65. The third-order valence-electron chi connectivity index (χ3n) is 17.5. The fraction of sp³-hybridized carbons (Fsp3) is 0.986. The average Bonchev–Trinajstić information content (AvgIpc) is 0.679. The molecule has 0 bridgehead atoms. The summed E-state index contributed by atoms with van der Waals surface area (Å²) in [4.78, 5) is 16.7. The molecule has 0 saturated heterocycles. The van der Waals surface area contributed by atoms with Gasteiger partial charge in [-0.3, -0.25) is 0 Å². The predicted octanol–water partition coefficient (Wildman–Crippen LogP) is 24.1. The number of nitrogens with zero attached hydrogens (tertiary/aromatic N) is 16. The van der Waals surface area contributed by atoms with E-state index < -0.39 is 43.6 Å². The van der Waals surface area contributed by atoms with Crippen LogP contribution in [-0.2, 0) is 4.52 Å². The molecular formula is C73H169N16O3P5. The van der Waals surface area contributed by atoms with Crippen LogP contribution in [0.1, 0.15) is 320 Å². The van der Waals surface area contributed by atoms with Crippen LogP contribution in [0.3, 0.4) is 0 Å². The maximum absolute atomic E-state index is 16.7. The van der Waals surface area contributed by atoms with Gasteiger partial charge in [-0.1, -0.05) is 0 Å². The predicted molar refractivity (Wildman–Crippen MR) is 439 cm³/mol. The van der Waals surface area contributed by atoms with Gasteiger partial charge in [0.25, 0.3) is 0 Å². The second-order valence-corrected chi connectivity index (χ2v) is 43.0. The monoisotopic (exact) mass is 1470 g/mol. The zero-order chi connectivity index (χ0) is 73.4. The van der Waals surface area contributed by atoms with Crippen molar-refractivity contribution in [3.05, 3.63) is 0 Å². The summed E-state index contributed by atoms with van der Waals surface area (Å²) in [5.41, 5.74) is 0. The molecule has 0 heterocycles. The van der Waals surface area contributed by atoms with E-state index in [1.54, 1.807) is 0 Å². The van der Waals surface area contributed by atoms with Gasteiger partial charge in [-0.15, -0.1) is 0 Å². The van der Waals surface area contributed by atoms with Gasteiger partial charge in [-0.2, -0.15) is 0 Å². The van der Waals surface area contributed by atoms with Crippen LogP contribution in [0.5, 0.6) is 0 Å². The van der Waals surface area contributed by atoms with Crippen molar-refractivity contribution in [2.45, 2.75) is 320 Å². The zero-order valence-corrected chi connectivity index (χ0v) is 73.6. The Bertz CT molecular complexity index is 1670. The first-order valence-electron chi connectivity index (χ1n) is 41.4. The van der Waals surface area contributed by atoms with E-state index in [2.05, 4.69) is 222 Å². The van der Waals surface area contributed by atoms with Crippen molar-refractivity contribution < 1.29 is 14.4 Å². The molecule has 0 rings (SSSR count). The number of carbonyl (C=O) groups is 1. The Labute approximate surface area is 606 Å². The van der Waals surface area contributed by atoms with Crippen molar-refractivity contribution in [2.24, 2.45) is 18.1 Å². The third kappa shape index (κ3) is 26.8. The van der Waals surface area contributed by atoms with Gasteiger partial charge in [0.15, 0.2) is 0 Å². The fourth-order valence-electron chi connectivity index (χ4n) is 14.7. The Morgan fingerprint density at radius 1 is 0.216 bits per heavy atom. The molecule has 0 fully saturated rings. The Hall–Kier alpha value is 0.140. The fourth-order valence-corrected chi connectivity index (χ4v) is 46.1. The molecule has 0 aromatic carbocycles. The number of hydrogen-bond acceptors (Lipinski definition) is 6. The van der Waals surface area contributed by atoms with E-state index in [9.17, 15) is 5.11 Å². The van der Waals surface area contributed by atoms with E-state index in [1.807, 2.05) is 0 Å². The molecule has 0 aliphatic carbocycles. The average molecular weight is 1470 g/mol. The van der Waals surface area contributed by atoms with Crippen molar-refractivity contribution in [3.8, 4) is 0 Å². The number of carboxylic acid groups (broad SMARTS) is 1. The summed E-state index contributed by atoms with van der Waals surface area (Å²) in [5, 5.41) is 13.6. The van der Waals surface area contributed by atoms with Crippen molar-refractivity contribution in [2.75, 3.05) is 157 Å². The van der Waals surface area contributed by atoms with Gasteiger partial charge in [0.05, 0.1) is 0 Å². The molecule has 0 spiro atoms. The summed E-state index contributed by atoms with van der Waals surface area (Å²) in [6, 6.07) is 0. The first kappa shape index (κ1) is 97.1. The van der Waals surface area contributed by atoms with Gasteiger partial charge in [0, 0.05) is 0 Å². The molecule has 0 aliphatic heterocycles. The Morgan fingerprint density at radius 3 is 0.361 bits per heavy atom. The second-order valence-electron chi connectivity index (χ2n) is 27.2. The van der Waals surface area contributed by atoms with E-state index in [4.69, 9.17) is 22.6 Å². The second kappa shape index (κ2) is 54.7. The van der Waals surface area contributed by atoms with Crippen molar-refractivity contribution in [1.82, 2.24) is 56.0 Å². The molecule has 19 nitrogen and oxygen atoms in total. The summed E-state index contributed by atoms with van der Waals surface area (Å²) in [5.74, 6) is 0. The van der Waals surface area contributed by atoms with Crippen LogP contribution in [0.2, 0.25) is 0 Å². The van der Waals surface area contributed by atoms with Crippen LogP contribution < -0.4 is 0 Å². The molecule has 0 aliphatic rings. The molecule has 24 heteroatoms. The van der Waals surface area contributed by atoms with Gasteiger partial charge in [-0.05, 0) is 0 Å². The number of hydrogen-bond donors (Lipinski definition) is 1. The van der Waals surface area contributed by atoms with Gasteiger partial charge in [-0.25, -0.2) is 0 Å². The minimum absolute atomic E-state index is 0.771. The van der Waals surface area contributed by atoms with Gasteiger partial charge in [0.2, 0.25) is 0 Å². The molecule has 0 atom stereocenters. The maximum atomic E-state index is 16.7. The van der Waals surface area contributed by atoms with E-state index in [0.29, 0.717) is 0 Å². The van der Waals surface area contributed by atoms with Crippen molar-refractivity contribution in [1.29, 1.82) is 0 Å². The van der Waals surface area contributed by atoms with Crippen molar-refractivity contribution >= 4 is 43.6 Å². The normalized spacial score (nSPS) is 13.7. The van der Waals surface area contributed by atoms with E-state index in [1.165, 1.54) is 0 Å². The molecule has 0 radical (unpaired) electrons. The first-order chi connectivity index (χ1) is 46.8. The van der Waals surface area contributed by atoms with Crippen LogP contribution in [0.25, 0.3) is 0 Å². The summed E-state index contributed by atoms with van der Waals surface area (Å²) < 4.78 is 73.2. The first-order valence-corrected chi connectivity index (χ1v) is 49.7. The Kier molecular flexibility index (Phi) is 54.8. The standard InChI is InChI=1S/C73H169N16O3P5/c1-25-49-78(50-26-2)93(79(51-27-3)52-28-4,80(53-29-5)54-30-6)74-97(92-73(90)91,75-94(81(55-31-7)56-32-8,82(57-33-9)58-34-10)83(59-35-11)60-36-12,76-95(84(61-37-13)62-38-14,85(63-39-15)64-40-16)86(65-41-17)66-42-18)77-96(87(67-43-19)68-44-20,88(69-45-21)70-46-22)89(71-47-23)72-48-24/h25-72H2,1-24H3,(H,90,91). The van der Waals surface area contributed by atoms with E-state index >= 15 is 4.79 Å². The summed E-state index contributed by atoms with van der Waals surface area (Å²) in [7, 11) is -20.7. The molecule has 0 unspecified atom stereocenters. The zero-order valence-electron chi connectivity index (χ0n) is 69.1. The molecule has 0 aromatic rings. The van der Waals surface area contributed by atoms with Crippen LogP contribution in [-0.4, -0.2) is 224 Å². The molecule has 97 heavy (non-hydrogen) atoms. The topological polar surface area (TPSA) is 135 Å². The van der Waals surface area contributed by atoms with Crippen LogP contribution >= 0.6 is 37.5 Å². The van der Waals surface area contributed by atoms with Gasteiger partial charge in [0.1, 0.15) is 0 Å². The Morgan fingerprint density at radius 2 is 0.299 bits per heavy atom. The van der Waals surface area contributed by atoms with Crippen LogP contribution in [0.4, 0.5) is 4.79 Å². The Balaban J connectivity index is 15.4. The summed E-state index contributed by atoms with van der Waals surface area (Å²) >= 11 is 0. The summed E-state index contributed by atoms with van der Waals surface area (Å²) in [6.07, 6.45) is 20.2. The van der Waals surface area contributed by atoms with Gasteiger partial charge < -0.3 is 0 Å². The third-order valence-corrected chi connectivity index (χ3v) is 40.7.